The number of benzene rings is 1. The van der Waals surface area contributed by atoms with Crippen LogP contribution in [0.3, 0.4) is 0 Å². The van der Waals surface area contributed by atoms with Gasteiger partial charge in [0.15, 0.2) is 11.5 Å². The van der Waals surface area contributed by atoms with Crippen molar-refractivity contribution >= 4 is 10.8 Å². The number of hydrogen-bond acceptors (Lipinski definition) is 5. The largest absolute Gasteiger partial charge is 0.496 e. The number of nitrogens with one attached hydrogen (secondary N) is 1. The minimum Gasteiger partial charge on any atom is -0.496 e. The molecular weight excluding hydrogens is 266 g/mol. The van der Waals surface area contributed by atoms with E-state index in [1.807, 2.05) is 6.07 Å². The molecule has 1 N–H and O–H groups in total. The van der Waals surface area contributed by atoms with E-state index >= 15 is 0 Å². The summed E-state index contributed by atoms with van der Waals surface area (Å²) in [5.41, 5.74) is 0.974. The van der Waals surface area contributed by atoms with Crippen LogP contribution in [0.5, 0.6) is 17.2 Å². The van der Waals surface area contributed by atoms with Gasteiger partial charge in [-0.25, -0.2) is 0 Å². The molecule has 0 radical (unpaired) electrons. The van der Waals surface area contributed by atoms with E-state index in [2.05, 4.69) is 5.32 Å². The summed E-state index contributed by atoms with van der Waals surface area (Å²) in [6.45, 7) is 1.32. The molecule has 0 fully saturated rings. The van der Waals surface area contributed by atoms with Crippen molar-refractivity contribution in [3.63, 3.8) is 0 Å². The normalized spacial score (nSPS) is 12.0. The quantitative estimate of drug-likeness (QED) is 0.728. The summed E-state index contributed by atoms with van der Waals surface area (Å²) < 4.78 is 26.8. The maximum Gasteiger partial charge on any atom is 0.164 e. The van der Waals surface area contributed by atoms with Gasteiger partial charge in [-0.1, -0.05) is 0 Å². The van der Waals surface area contributed by atoms with Gasteiger partial charge in [-0.2, -0.15) is 0 Å². The van der Waals surface area contributed by atoms with Crippen LogP contribution in [0.25, 0.3) is 0 Å². The van der Waals surface area contributed by atoms with E-state index in [4.69, 9.17) is 14.2 Å². The van der Waals surface area contributed by atoms with E-state index in [1.165, 1.54) is 0 Å². The zero-order valence-corrected chi connectivity index (χ0v) is 12.6. The lowest BCUT2D eigenvalue weighted by Gasteiger charge is -2.14. The standard InChI is InChI=1S/C13H21NO4S/c1-16-11-8-13(18-3)12(17-2)7-10(11)9-14-5-6-19(4)15/h7-8,14H,5-6,9H2,1-4H3. The van der Waals surface area contributed by atoms with Crippen LogP contribution < -0.4 is 19.5 Å². The van der Waals surface area contributed by atoms with Crippen LogP contribution in [0.1, 0.15) is 5.56 Å². The van der Waals surface area contributed by atoms with E-state index in [-0.39, 0.29) is 0 Å². The molecule has 108 valence electrons. The maximum absolute atomic E-state index is 11.0. The second kappa shape index (κ2) is 8.01. The summed E-state index contributed by atoms with van der Waals surface area (Å²) in [7, 11) is 4.02. The lowest BCUT2D eigenvalue weighted by Crippen LogP contribution is -2.20. The van der Waals surface area contributed by atoms with Crippen molar-refractivity contribution in [2.45, 2.75) is 6.54 Å². The van der Waals surface area contributed by atoms with Gasteiger partial charge >= 0.3 is 0 Å². The highest BCUT2D eigenvalue weighted by Gasteiger charge is 2.11. The molecule has 1 unspecified atom stereocenters. The fraction of sp³-hybridized carbons (Fsp3) is 0.538. The molecule has 6 heteroatoms. The molecule has 1 aromatic carbocycles. The first kappa shape index (κ1) is 15.8. The Hall–Kier alpha value is -1.27. The minimum absolute atomic E-state index is 0.626. The van der Waals surface area contributed by atoms with Gasteiger partial charge in [0.1, 0.15) is 5.75 Å². The third-order valence-corrected chi connectivity index (χ3v) is 3.45. The number of rotatable bonds is 8. The Balaban J connectivity index is 2.77. The Morgan fingerprint density at radius 1 is 1.05 bits per heavy atom. The van der Waals surface area contributed by atoms with E-state index < -0.39 is 10.8 Å². The summed E-state index contributed by atoms with van der Waals surface area (Å²) in [4.78, 5) is 0. The fourth-order valence-corrected chi connectivity index (χ4v) is 2.10. The second-order valence-corrected chi connectivity index (χ2v) is 5.53. The van der Waals surface area contributed by atoms with Crippen LogP contribution >= 0.6 is 0 Å². The molecule has 0 bridgehead atoms. The monoisotopic (exact) mass is 287 g/mol. The topological polar surface area (TPSA) is 56.8 Å². The fourth-order valence-electron chi connectivity index (χ4n) is 1.67. The molecule has 1 rings (SSSR count). The summed E-state index contributed by atoms with van der Waals surface area (Å²) in [6.07, 6.45) is 1.69. The predicted octanol–water partition coefficient (Wildman–Crippen LogP) is 1.18. The van der Waals surface area contributed by atoms with Crippen molar-refractivity contribution in [2.75, 3.05) is 39.9 Å². The third kappa shape index (κ3) is 4.72. The molecule has 0 aliphatic rings. The van der Waals surface area contributed by atoms with Crippen molar-refractivity contribution in [3.05, 3.63) is 17.7 Å². The molecule has 1 aromatic rings. The van der Waals surface area contributed by atoms with Gasteiger partial charge in [0.25, 0.3) is 0 Å². The summed E-state index contributed by atoms with van der Waals surface area (Å²) in [6, 6.07) is 3.68. The minimum atomic E-state index is -0.780. The predicted molar refractivity (Wildman–Crippen MR) is 76.7 cm³/mol. The van der Waals surface area contributed by atoms with Gasteiger partial charge < -0.3 is 19.5 Å². The van der Waals surface area contributed by atoms with Crippen LogP contribution in [0.4, 0.5) is 0 Å². The average molecular weight is 287 g/mol. The second-order valence-electron chi connectivity index (χ2n) is 3.97. The Labute approximate surface area is 116 Å². The molecule has 19 heavy (non-hydrogen) atoms. The van der Waals surface area contributed by atoms with Gasteiger partial charge in [0.2, 0.25) is 0 Å². The molecule has 1 atom stereocenters. The summed E-state index contributed by atoms with van der Waals surface area (Å²) in [5.74, 6) is 2.68. The summed E-state index contributed by atoms with van der Waals surface area (Å²) in [5, 5.41) is 3.23. The van der Waals surface area contributed by atoms with E-state index in [1.54, 1.807) is 33.7 Å². The molecule has 0 aromatic heterocycles. The lowest BCUT2D eigenvalue weighted by molar-refractivity contribution is 0.347. The highest BCUT2D eigenvalue weighted by Crippen LogP contribution is 2.34. The molecule has 0 aliphatic heterocycles. The maximum atomic E-state index is 11.0. The first-order chi connectivity index (χ1) is 9.12. The van der Waals surface area contributed by atoms with E-state index in [0.29, 0.717) is 30.3 Å². The highest BCUT2D eigenvalue weighted by atomic mass is 32.2. The zero-order valence-electron chi connectivity index (χ0n) is 11.8. The molecular formula is C13H21NO4S. The number of hydrogen-bond donors (Lipinski definition) is 1. The van der Waals surface area contributed by atoms with Crippen molar-refractivity contribution in [2.24, 2.45) is 0 Å². The molecule has 0 spiro atoms. The molecule has 0 amide bonds. The van der Waals surface area contributed by atoms with Crippen LogP contribution in [0.2, 0.25) is 0 Å². The smallest absolute Gasteiger partial charge is 0.164 e. The molecule has 0 saturated carbocycles. The van der Waals surface area contributed by atoms with E-state index in [9.17, 15) is 4.21 Å². The van der Waals surface area contributed by atoms with E-state index in [0.717, 1.165) is 11.3 Å². The lowest BCUT2D eigenvalue weighted by atomic mass is 10.1. The number of ether oxygens (including phenoxy) is 3. The van der Waals surface area contributed by atoms with Crippen LogP contribution in [-0.4, -0.2) is 44.1 Å². The van der Waals surface area contributed by atoms with Gasteiger partial charge in [-0.3, -0.25) is 4.21 Å². The van der Waals surface area contributed by atoms with Crippen molar-refractivity contribution < 1.29 is 18.4 Å². The van der Waals surface area contributed by atoms with Crippen LogP contribution in [0, 0.1) is 0 Å². The van der Waals surface area contributed by atoms with Crippen LogP contribution in [0.15, 0.2) is 12.1 Å². The molecule has 0 aliphatic carbocycles. The third-order valence-electron chi connectivity index (χ3n) is 2.67. The molecule has 0 saturated heterocycles. The molecule has 0 heterocycles. The van der Waals surface area contributed by atoms with Crippen molar-refractivity contribution in [3.8, 4) is 17.2 Å². The van der Waals surface area contributed by atoms with Crippen LogP contribution in [-0.2, 0) is 17.3 Å². The zero-order chi connectivity index (χ0) is 14.3. The van der Waals surface area contributed by atoms with Gasteiger partial charge in [0, 0.05) is 47.5 Å². The van der Waals surface area contributed by atoms with Gasteiger partial charge in [-0.05, 0) is 6.07 Å². The van der Waals surface area contributed by atoms with Gasteiger partial charge in [0.05, 0.1) is 21.3 Å². The van der Waals surface area contributed by atoms with Crippen molar-refractivity contribution in [1.29, 1.82) is 0 Å². The van der Waals surface area contributed by atoms with Gasteiger partial charge in [-0.15, -0.1) is 0 Å². The Bertz CT molecular complexity index is 437. The Kier molecular flexibility index (Phi) is 6.66. The molecule has 5 nitrogen and oxygen atoms in total. The Morgan fingerprint density at radius 2 is 1.63 bits per heavy atom. The highest BCUT2D eigenvalue weighted by molar-refractivity contribution is 7.84. The summed E-state index contributed by atoms with van der Waals surface area (Å²) >= 11 is 0. The average Bonchev–Trinajstić information content (AvgIpc) is 2.42. The SMILES string of the molecule is COc1cc(OC)c(OC)cc1CNCCS(C)=O. The van der Waals surface area contributed by atoms with Crippen molar-refractivity contribution in [1.82, 2.24) is 5.32 Å². The first-order valence-corrected chi connectivity index (χ1v) is 7.64. The Morgan fingerprint density at radius 3 is 2.16 bits per heavy atom. The number of methoxy groups -OCH3 is 3. The first-order valence-electron chi connectivity index (χ1n) is 5.92.